The first-order chi connectivity index (χ1) is 4.29. The maximum Gasteiger partial charge on any atom is 0.0300 e. The predicted octanol–water partition coefficient (Wildman–Crippen LogP) is 2.05. The zero-order valence-corrected chi connectivity index (χ0v) is 5.96. The van der Waals surface area contributed by atoms with Gasteiger partial charge < -0.3 is 0 Å². The van der Waals surface area contributed by atoms with Crippen LogP contribution in [0.4, 0.5) is 0 Å². The van der Waals surface area contributed by atoms with E-state index < -0.39 is 0 Å². The van der Waals surface area contributed by atoms with Crippen LogP contribution in [0.25, 0.3) is 0 Å². The number of rotatable bonds is 2. The summed E-state index contributed by atoms with van der Waals surface area (Å²) in [6, 6.07) is 0. The average Bonchev–Trinajstić information content (AvgIpc) is 2.15. The second-order valence-electron chi connectivity index (χ2n) is 2.77. The summed E-state index contributed by atoms with van der Waals surface area (Å²) in [6.45, 7) is 4.43. The minimum Gasteiger partial charge on any atom is -0.264 e. The summed E-state index contributed by atoms with van der Waals surface area (Å²) < 4.78 is 0. The van der Waals surface area contributed by atoms with E-state index >= 15 is 0 Å². The number of nitrogens with zero attached hydrogens (tertiary/aromatic N) is 1. The van der Waals surface area contributed by atoms with E-state index in [1.54, 1.807) is 0 Å². The molecule has 0 saturated heterocycles. The molecule has 0 N–H and O–H groups in total. The summed E-state index contributed by atoms with van der Waals surface area (Å²) in [7, 11) is 0. The lowest BCUT2D eigenvalue weighted by molar-refractivity contribution is 0.650. The molecule has 0 aliphatic carbocycles. The van der Waals surface area contributed by atoms with Crippen molar-refractivity contribution in [2.75, 3.05) is 0 Å². The molecule has 0 aromatic carbocycles. The summed E-state index contributed by atoms with van der Waals surface area (Å²) >= 11 is 0. The third kappa shape index (κ3) is 1.92. The zero-order chi connectivity index (χ0) is 6.69. The van der Waals surface area contributed by atoms with Crippen molar-refractivity contribution < 1.29 is 0 Å². The third-order valence-corrected chi connectivity index (χ3v) is 1.26. The van der Waals surface area contributed by atoms with Crippen LogP contribution in [0.2, 0.25) is 0 Å². The van der Waals surface area contributed by atoms with Gasteiger partial charge in [-0.15, -0.1) is 0 Å². The summed E-state index contributed by atoms with van der Waals surface area (Å²) in [4.78, 5) is 0. The molecule has 1 aliphatic rings. The number of hydrogen-bond donors (Lipinski definition) is 0. The van der Waals surface area contributed by atoms with Crippen LogP contribution in [0.1, 0.15) is 20.3 Å². The summed E-state index contributed by atoms with van der Waals surface area (Å²) in [5.74, 6) is 0.745. The maximum absolute atomic E-state index is 3.98. The summed E-state index contributed by atoms with van der Waals surface area (Å²) in [5, 5.41) is 3.98. The van der Waals surface area contributed by atoms with Gasteiger partial charge in [-0.2, -0.15) is 0 Å². The third-order valence-electron chi connectivity index (χ3n) is 1.26. The first kappa shape index (κ1) is 6.40. The fourth-order valence-corrected chi connectivity index (χ4v) is 0.913. The Morgan fingerprint density at radius 3 is 2.78 bits per heavy atom. The monoisotopic (exact) mass is 122 g/mol. The molecular weight excluding hydrogens is 110 g/mol. The molecule has 9 heavy (non-hydrogen) atoms. The Hall–Kier alpha value is -0.720. The van der Waals surface area contributed by atoms with Crippen molar-refractivity contribution in [2.45, 2.75) is 20.3 Å². The SMILES string of the molecule is CC(C)CC1=C[N]C=C1. The normalized spacial score (nSPS) is 16.1. The van der Waals surface area contributed by atoms with Crippen LogP contribution in [-0.2, 0) is 0 Å². The maximum atomic E-state index is 3.98. The van der Waals surface area contributed by atoms with Crippen LogP contribution in [0.5, 0.6) is 0 Å². The molecule has 1 rings (SSSR count). The average molecular weight is 122 g/mol. The molecule has 0 aromatic heterocycles. The zero-order valence-electron chi connectivity index (χ0n) is 5.96. The molecular formula is C8H12N. The highest BCUT2D eigenvalue weighted by Gasteiger charge is 2.00. The number of hydrogen-bond acceptors (Lipinski definition) is 0. The largest absolute Gasteiger partial charge is 0.264 e. The van der Waals surface area contributed by atoms with Gasteiger partial charge in [0.05, 0.1) is 0 Å². The highest BCUT2D eigenvalue weighted by atomic mass is 14.8. The van der Waals surface area contributed by atoms with Crippen LogP contribution in [0, 0.1) is 5.92 Å². The predicted molar refractivity (Wildman–Crippen MR) is 38.8 cm³/mol. The van der Waals surface area contributed by atoms with E-state index in [-0.39, 0.29) is 0 Å². The standard InChI is InChI=1S/C8H12N/c1-7(2)5-8-3-4-9-6-8/h3-4,6-7H,5H2,1-2H3. The van der Waals surface area contributed by atoms with Gasteiger partial charge >= 0.3 is 0 Å². The van der Waals surface area contributed by atoms with Crippen molar-refractivity contribution in [1.29, 1.82) is 0 Å². The highest BCUT2D eigenvalue weighted by molar-refractivity contribution is 5.23. The highest BCUT2D eigenvalue weighted by Crippen LogP contribution is 2.13. The summed E-state index contributed by atoms with van der Waals surface area (Å²) in [5.41, 5.74) is 1.35. The Labute approximate surface area is 56.5 Å². The molecule has 1 heterocycles. The molecule has 0 spiro atoms. The van der Waals surface area contributed by atoms with E-state index in [4.69, 9.17) is 0 Å². The fraction of sp³-hybridized carbons (Fsp3) is 0.500. The van der Waals surface area contributed by atoms with Crippen LogP contribution >= 0.6 is 0 Å². The first-order valence-corrected chi connectivity index (χ1v) is 3.34. The smallest absolute Gasteiger partial charge is 0.0300 e. The van der Waals surface area contributed by atoms with Crippen molar-refractivity contribution in [3.8, 4) is 0 Å². The van der Waals surface area contributed by atoms with Gasteiger partial charge in [0.25, 0.3) is 0 Å². The number of allylic oxidation sites excluding steroid dienone is 2. The minimum absolute atomic E-state index is 0.745. The molecule has 1 radical (unpaired) electrons. The Morgan fingerprint density at radius 2 is 2.33 bits per heavy atom. The molecule has 0 atom stereocenters. The minimum atomic E-state index is 0.745. The Kier molecular flexibility index (Phi) is 1.93. The van der Waals surface area contributed by atoms with Crippen LogP contribution < -0.4 is 5.32 Å². The molecule has 49 valence electrons. The topological polar surface area (TPSA) is 14.1 Å². The summed E-state index contributed by atoms with van der Waals surface area (Å²) in [6.07, 6.45) is 7.00. The second-order valence-corrected chi connectivity index (χ2v) is 2.77. The van der Waals surface area contributed by atoms with Crippen molar-refractivity contribution >= 4 is 0 Å². The van der Waals surface area contributed by atoms with Gasteiger partial charge in [-0.1, -0.05) is 13.8 Å². The quantitative estimate of drug-likeness (QED) is 0.532. The lowest BCUT2D eigenvalue weighted by Crippen LogP contribution is -1.87. The Balaban J connectivity index is 2.35. The molecule has 0 aromatic rings. The van der Waals surface area contributed by atoms with E-state index in [0.717, 1.165) is 12.3 Å². The molecule has 0 unspecified atom stereocenters. The van der Waals surface area contributed by atoms with E-state index in [1.807, 2.05) is 12.4 Å². The molecule has 0 fully saturated rings. The lowest BCUT2D eigenvalue weighted by Gasteiger charge is -2.00. The van der Waals surface area contributed by atoms with Gasteiger partial charge in [-0.3, -0.25) is 5.32 Å². The van der Waals surface area contributed by atoms with Crippen LogP contribution in [-0.4, -0.2) is 0 Å². The van der Waals surface area contributed by atoms with Crippen molar-refractivity contribution in [2.24, 2.45) is 5.92 Å². The molecule has 0 saturated carbocycles. The van der Waals surface area contributed by atoms with Crippen molar-refractivity contribution in [3.63, 3.8) is 0 Å². The van der Waals surface area contributed by atoms with Gasteiger partial charge in [-0.25, -0.2) is 0 Å². The van der Waals surface area contributed by atoms with Gasteiger partial charge in [-0.05, 0) is 24.0 Å². The molecule has 1 aliphatic heterocycles. The van der Waals surface area contributed by atoms with Gasteiger partial charge in [0, 0.05) is 12.4 Å². The van der Waals surface area contributed by atoms with Crippen molar-refractivity contribution in [3.05, 3.63) is 24.0 Å². The molecule has 1 heteroatoms. The van der Waals surface area contributed by atoms with Crippen LogP contribution in [0.15, 0.2) is 24.0 Å². The van der Waals surface area contributed by atoms with E-state index in [0.29, 0.717) is 0 Å². The fourth-order valence-electron chi connectivity index (χ4n) is 0.913. The molecule has 1 nitrogen and oxygen atoms in total. The Morgan fingerprint density at radius 1 is 1.56 bits per heavy atom. The lowest BCUT2D eigenvalue weighted by atomic mass is 10.1. The van der Waals surface area contributed by atoms with E-state index in [9.17, 15) is 0 Å². The van der Waals surface area contributed by atoms with Gasteiger partial charge in [0.1, 0.15) is 0 Å². The van der Waals surface area contributed by atoms with Gasteiger partial charge in [0.15, 0.2) is 0 Å². The van der Waals surface area contributed by atoms with E-state index in [2.05, 4.69) is 25.2 Å². The van der Waals surface area contributed by atoms with Crippen LogP contribution in [0.3, 0.4) is 0 Å². The first-order valence-electron chi connectivity index (χ1n) is 3.34. The molecule has 0 amide bonds. The Bertz CT molecular complexity index is 143. The van der Waals surface area contributed by atoms with Gasteiger partial charge in [0.2, 0.25) is 0 Å². The van der Waals surface area contributed by atoms with Crippen molar-refractivity contribution in [1.82, 2.24) is 5.32 Å². The molecule has 0 bridgehead atoms. The second kappa shape index (κ2) is 2.72. The van der Waals surface area contributed by atoms with E-state index in [1.165, 1.54) is 5.57 Å².